The molecule has 3 heteroatoms. The first kappa shape index (κ1) is 10.6. The summed E-state index contributed by atoms with van der Waals surface area (Å²) in [6.45, 7) is 2.04. The highest BCUT2D eigenvalue weighted by Crippen LogP contribution is 2.14. The first-order chi connectivity index (χ1) is 7.58. The second-order valence-electron chi connectivity index (χ2n) is 4.09. The van der Waals surface area contributed by atoms with E-state index in [0.29, 0.717) is 5.69 Å². The van der Waals surface area contributed by atoms with Gasteiger partial charge in [0.25, 0.3) is 5.91 Å². The molecular formula is C13H14N2O. The Kier molecular flexibility index (Phi) is 2.60. The van der Waals surface area contributed by atoms with Gasteiger partial charge in [0.05, 0.1) is 5.52 Å². The summed E-state index contributed by atoms with van der Waals surface area (Å²) < 4.78 is 0. The normalized spacial score (nSPS) is 10.4. The first-order valence-corrected chi connectivity index (χ1v) is 5.17. The molecule has 1 aromatic carbocycles. The van der Waals surface area contributed by atoms with Crippen LogP contribution in [0.15, 0.2) is 30.3 Å². The number of amides is 1. The third kappa shape index (κ3) is 1.89. The summed E-state index contributed by atoms with van der Waals surface area (Å²) in [6, 6.07) is 9.71. The molecule has 1 aromatic heterocycles. The van der Waals surface area contributed by atoms with Crippen molar-refractivity contribution in [2.45, 2.75) is 6.92 Å². The molecule has 0 saturated carbocycles. The summed E-state index contributed by atoms with van der Waals surface area (Å²) >= 11 is 0. The van der Waals surface area contributed by atoms with Gasteiger partial charge in [-0.25, -0.2) is 4.98 Å². The molecule has 0 spiro atoms. The lowest BCUT2D eigenvalue weighted by Gasteiger charge is -2.09. The highest BCUT2D eigenvalue weighted by molar-refractivity contribution is 5.94. The molecule has 0 aliphatic carbocycles. The van der Waals surface area contributed by atoms with Crippen molar-refractivity contribution in [3.05, 3.63) is 41.6 Å². The summed E-state index contributed by atoms with van der Waals surface area (Å²) in [5, 5.41) is 1.07. The fourth-order valence-corrected chi connectivity index (χ4v) is 1.59. The number of aromatic nitrogens is 1. The van der Waals surface area contributed by atoms with E-state index in [-0.39, 0.29) is 5.91 Å². The predicted octanol–water partition coefficient (Wildman–Crippen LogP) is 2.25. The molecule has 0 atom stereocenters. The number of carbonyl (C=O) groups is 1. The van der Waals surface area contributed by atoms with Crippen LogP contribution in [0.4, 0.5) is 0 Å². The molecule has 0 aliphatic rings. The molecule has 2 aromatic rings. The van der Waals surface area contributed by atoms with Crippen molar-refractivity contribution >= 4 is 16.8 Å². The van der Waals surface area contributed by atoms with Crippen molar-refractivity contribution < 1.29 is 4.79 Å². The highest BCUT2D eigenvalue weighted by atomic mass is 16.2. The number of fused-ring (bicyclic) bond motifs is 1. The molecule has 0 N–H and O–H groups in total. The monoisotopic (exact) mass is 214 g/mol. The average molecular weight is 214 g/mol. The number of pyridine rings is 1. The van der Waals surface area contributed by atoms with E-state index >= 15 is 0 Å². The molecule has 16 heavy (non-hydrogen) atoms. The molecule has 0 bridgehead atoms. The zero-order valence-corrected chi connectivity index (χ0v) is 9.69. The third-order valence-electron chi connectivity index (χ3n) is 2.47. The van der Waals surface area contributed by atoms with Crippen molar-refractivity contribution in [3.8, 4) is 0 Å². The lowest BCUT2D eigenvalue weighted by Crippen LogP contribution is -2.22. The van der Waals surface area contributed by atoms with Crippen LogP contribution >= 0.6 is 0 Å². The lowest BCUT2D eigenvalue weighted by molar-refractivity contribution is 0.0822. The van der Waals surface area contributed by atoms with Gasteiger partial charge in [0.1, 0.15) is 5.69 Å². The fourth-order valence-electron chi connectivity index (χ4n) is 1.59. The molecule has 82 valence electrons. The van der Waals surface area contributed by atoms with Crippen molar-refractivity contribution in [3.63, 3.8) is 0 Å². The van der Waals surface area contributed by atoms with Crippen LogP contribution in [0.1, 0.15) is 16.1 Å². The van der Waals surface area contributed by atoms with Gasteiger partial charge in [-0.05, 0) is 25.1 Å². The van der Waals surface area contributed by atoms with E-state index in [9.17, 15) is 4.79 Å². The van der Waals surface area contributed by atoms with Gasteiger partial charge in [-0.2, -0.15) is 0 Å². The summed E-state index contributed by atoms with van der Waals surface area (Å²) in [6.07, 6.45) is 0. The van der Waals surface area contributed by atoms with Gasteiger partial charge in [0.2, 0.25) is 0 Å². The number of hydrogen-bond donors (Lipinski definition) is 0. The highest BCUT2D eigenvalue weighted by Gasteiger charge is 2.09. The van der Waals surface area contributed by atoms with Gasteiger partial charge in [0.15, 0.2) is 0 Å². The van der Waals surface area contributed by atoms with Crippen molar-refractivity contribution in [2.75, 3.05) is 14.1 Å². The molecule has 0 fully saturated rings. The number of hydrogen-bond acceptors (Lipinski definition) is 2. The fraction of sp³-hybridized carbons (Fsp3) is 0.231. The topological polar surface area (TPSA) is 33.2 Å². The molecule has 0 radical (unpaired) electrons. The number of rotatable bonds is 1. The predicted molar refractivity (Wildman–Crippen MR) is 64.5 cm³/mol. The Balaban J connectivity index is 2.52. The van der Waals surface area contributed by atoms with E-state index in [1.165, 1.54) is 10.5 Å². The Morgan fingerprint density at radius 2 is 1.94 bits per heavy atom. The summed E-state index contributed by atoms with van der Waals surface area (Å²) in [5.41, 5.74) is 2.54. The van der Waals surface area contributed by atoms with Crippen LogP contribution in [0.25, 0.3) is 10.9 Å². The maximum absolute atomic E-state index is 11.7. The Morgan fingerprint density at radius 3 is 2.62 bits per heavy atom. The van der Waals surface area contributed by atoms with Crippen LogP contribution in [0, 0.1) is 6.92 Å². The third-order valence-corrected chi connectivity index (χ3v) is 2.47. The minimum atomic E-state index is -0.0672. The Labute approximate surface area is 94.7 Å². The lowest BCUT2D eigenvalue weighted by atomic mass is 10.1. The Morgan fingerprint density at radius 1 is 1.19 bits per heavy atom. The Hall–Kier alpha value is -1.90. The molecule has 1 amide bonds. The SMILES string of the molecule is Cc1ccc2nc(C(=O)N(C)C)ccc2c1. The minimum absolute atomic E-state index is 0.0672. The zero-order chi connectivity index (χ0) is 11.7. The van der Waals surface area contributed by atoms with Gasteiger partial charge >= 0.3 is 0 Å². The summed E-state index contributed by atoms with van der Waals surface area (Å²) in [5.74, 6) is -0.0672. The van der Waals surface area contributed by atoms with Gasteiger partial charge in [-0.1, -0.05) is 17.7 Å². The first-order valence-electron chi connectivity index (χ1n) is 5.17. The van der Waals surface area contributed by atoms with E-state index in [1.54, 1.807) is 20.2 Å². The van der Waals surface area contributed by atoms with Crippen molar-refractivity contribution in [1.82, 2.24) is 9.88 Å². The number of nitrogens with zero attached hydrogens (tertiary/aromatic N) is 2. The van der Waals surface area contributed by atoms with E-state index in [0.717, 1.165) is 10.9 Å². The number of benzene rings is 1. The van der Waals surface area contributed by atoms with E-state index < -0.39 is 0 Å². The largest absolute Gasteiger partial charge is 0.343 e. The quantitative estimate of drug-likeness (QED) is 0.729. The molecule has 0 unspecified atom stereocenters. The maximum Gasteiger partial charge on any atom is 0.271 e. The zero-order valence-electron chi connectivity index (χ0n) is 9.69. The van der Waals surface area contributed by atoms with Crippen LogP contribution in [0.5, 0.6) is 0 Å². The van der Waals surface area contributed by atoms with Crippen LogP contribution in [-0.2, 0) is 0 Å². The summed E-state index contributed by atoms with van der Waals surface area (Å²) in [4.78, 5) is 17.6. The average Bonchev–Trinajstić information content (AvgIpc) is 2.27. The molecule has 2 rings (SSSR count). The second kappa shape index (κ2) is 3.93. The van der Waals surface area contributed by atoms with Crippen molar-refractivity contribution in [1.29, 1.82) is 0 Å². The molecular weight excluding hydrogens is 200 g/mol. The van der Waals surface area contributed by atoms with Crippen LogP contribution in [0.3, 0.4) is 0 Å². The standard InChI is InChI=1S/C13H14N2O/c1-9-4-6-11-10(8-9)5-7-12(14-11)13(16)15(2)3/h4-8H,1-3H3. The second-order valence-corrected chi connectivity index (χ2v) is 4.09. The van der Waals surface area contributed by atoms with Gasteiger partial charge in [-0.3, -0.25) is 4.79 Å². The molecule has 1 heterocycles. The van der Waals surface area contributed by atoms with E-state index in [2.05, 4.69) is 11.1 Å². The summed E-state index contributed by atoms with van der Waals surface area (Å²) in [7, 11) is 3.45. The molecule has 0 saturated heterocycles. The van der Waals surface area contributed by atoms with Crippen LogP contribution in [0.2, 0.25) is 0 Å². The van der Waals surface area contributed by atoms with E-state index in [1.807, 2.05) is 25.1 Å². The number of aryl methyl sites for hydroxylation is 1. The number of carbonyl (C=O) groups excluding carboxylic acids is 1. The Bertz CT molecular complexity index is 547. The van der Waals surface area contributed by atoms with Crippen LogP contribution in [-0.4, -0.2) is 29.9 Å². The molecule has 0 aliphatic heterocycles. The van der Waals surface area contributed by atoms with Gasteiger partial charge < -0.3 is 4.90 Å². The van der Waals surface area contributed by atoms with Crippen LogP contribution < -0.4 is 0 Å². The van der Waals surface area contributed by atoms with Gasteiger partial charge in [0, 0.05) is 19.5 Å². The molecule has 3 nitrogen and oxygen atoms in total. The van der Waals surface area contributed by atoms with Crippen molar-refractivity contribution in [2.24, 2.45) is 0 Å². The van der Waals surface area contributed by atoms with Gasteiger partial charge in [-0.15, -0.1) is 0 Å². The minimum Gasteiger partial charge on any atom is -0.343 e. The maximum atomic E-state index is 11.7. The van der Waals surface area contributed by atoms with E-state index in [4.69, 9.17) is 0 Å². The smallest absolute Gasteiger partial charge is 0.271 e.